The fourth-order valence-corrected chi connectivity index (χ4v) is 2.64. The minimum atomic E-state index is 0. The van der Waals surface area contributed by atoms with Gasteiger partial charge in [0, 0.05) is 38.8 Å². The van der Waals surface area contributed by atoms with Crippen molar-refractivity contribution in [1.29, 1.82) is 0 Å². The summed E-state index contributed by atoms with van der Waals surface area (Å²) in [5.41, 5.74) is 2.24. The predicted octanol–water partition coefficient (Wildman–Crippen LogP) is 3.58. The van der Waals surface area contributed by atoms with Crippen LogP contribution in [-0.4, -0.2) is 37.7 Å². The summed E-state index contributed by atoms with van der Waals surface area (Å²) in [4.78, 5) is 8.77. The lowest BCUT2D eigenvalue weighted by Crippen LogP contribution is -2.45. The molecule has 25 heavy (non-hydrogen) atoms. The van der Waals surface area contributed by atoms with Gasteiger partial charge >= 0.3 is 0 Å². The molecule has 0 bridgehead atoms. The summed E-state index contributed by atoms with van der Waals surface area (Å²) in [5, 5.41) is 7.84. The van der Waals surface area contributed by atoms with Crippen LogP contribution in [0.25, 0.3) is 10.9 Å². The standard InChI is InChI=1S/C19H28N4O.HI/c1-19(2,3)16(24-5)13-23-18(20-4)22-12-15-9-6-8-14-10-7-11-21-17(14)15;/h6-11,16H,12-13H2,1-5H3,(H2,20,22,23);1H. The van der Waals surface area contributed by atoms with Gasteiger partial charge in [0.25, 0.3) is 0 Å². The third-order valence-electron chi connectivity index (χ3n) is 4.09. The van der Waals surface area contributed by atoms with Crippen LogP contribution in [0.3, 0.4) is 0 Å². The van der Waals surface area contributed by atoms with E-state index in [0.29, 0.717) is 13.1 Å². The number of pyridine rings is 1. The highest BCUT2D eigenvalue weighted by Crippen LogP contribution is 2.21. The van der Waals surface area contributed by atoms with Crippen LogP contribution in [0.4, 0.5) is 0 Å². The van der Waals surface area contributed by atoms with E-state index in [1.807, 2.05) is 12.3 Å². The second-order valence-electron chi connectivity index (χ2n) is 6.89. The Morgan fingerprint density at radius 2 is 1.92 bits per heavy atom. The summed E-state index contributed by atoms with van der Waals surface area (Å²) in [6.45, 7) is 7.87. The van der Waals surface area contributed by atoms with E-state index in [0.717, 1.165) is 22.4 Å². The number of rotatable bonds is 5. The first-order valence-corrected chi connectivity index (χ1v) is 8.25. The highest BCUT2D eigenvalue weighted by molar-refractivity contribution is 14.0. The molecule has 0 amide bonds. The molecule has 1 atom stereocenters. The number of halogens is 1. The average Bonchev–Trinajstić information content (AvgIpc) is 2.57. The maximum absolute atomic E-state index is 5.57. The highest BCUT2D eigenvalue weighted by Gasteiger charge is 2.24. The SMILES string of the molecule is CN=C(NCc1cccc2cccnc12)NCC(OC)C(C)(C)C.I. The van der Waals surface area contributed by atoms with Gasteiger partial charge in [-0.25, -0.2) is 0 Å². The van der Waals surface area contributed by atoms with Crippen LogP contribution in [0, 0.1) is 5.41 Å². The Bertz CT molecular complexity index is 692. The Balaban J connectivity index is 0.00000312. The number of nitrogens with zero attached hydrogens (tertiary/aromatic N) is 2. The van der Waals surface area contributed by atoms with E-state index in [9.17, 15) is 0 Å². The Hall–Kier alpha value is -1.41. The second kappa shape index (κ2) is 9.91. The van der Waals surface area contributed by atoms with E-state index in [4.69, 9.17) is 4.74 Å². The molecule has 0 aliphatic carbocycles. The van der Waals surface area contributed by atoms with Crippen LogP contribution in [0.2, 0.25) is 0 Å². The number of hydrogen-bond donors (Lipinski definition) is 2. The van der Waals surface area contributed by atoms with Crippen molar-refractivity contribution in [2.45, 2.75) is 33.4 Å². The largest absolute Gasteiger partial charge is 0.379 e. The van der Waals surface area contributed by atoms with Crippen molar-refractivity contribution in [3.8, 4) is 0 Å². The Morgan fingerprint density at radius 3 is 2.56 bits per heavy atom. The first-order valence-electron chi connectivity index (χ1n) is 8.25. The van der Waals surface area contributed by atoms with E-state index < -0.39 is 0 Å². The van der Waals surface area contributed by atoms with Gasteiger partial charge < -0.3 is 15.4 Å². The van der Waals surface area contributed by atoms with Crippen molar-refractivity contribution in [3.05, 3.63) is 42.1 Å². The molecule has 0 saturated heterocycles. The molecule has 1 unspecified atom stereocenters. The first kappa shape index (κ1) is 21.6. The number of aromatic nitrogens is 1. The van der Waals surface area contributed by atoms with Gasteiger partial charge in [0.15, 0.2) is 5.96 Å². The molecule has 138 valence electrons. The van der Waals surface area contributed by atoms with Gasteiger partial charge in [0.2, 0.25) is 0 Å². The number of benzene rings is 1. The minimum absolute atomic E-state index is 0. The van der Waals surface area contributed by atoms with E-state index >= 15 is 0 Å². The second-order valence-corrected chi connectivity index (χ2v) is 6.89. The number of aliphatic imine (C=N–C) groups is 1. The lowest BCUT2D eigenvalue weighted by atomic mass is 9.89. The zero-order valence-corrected chi connectivity index (χ0v) is 18.0. The normalized spacial score (nSPS) is 13.2. The van der Waals surface area contributed by atoms with Crippen LogP contribution in [0.1, 0.15) is 26.3 Å². The summed E-state index contributed by atoms with van der Waals surface area (Å²) in [5.74, 6) is 0.759. The topological polar surface area (TPSA) is 58.5 Å². The van der Waals surface area contributed by atoms with Gasteiger partial charge in [-0.15, -0.1) is 24.0 Å². The molecule has 1 aromatic heterocycles. The van der Waals surface area contributed by atoms with Crippen molar-refractivity contribution >= 4 is 40.8 Å². The molecule has 0 saturated carbocycles. The lowest BCUT2D eigenvalue weighted by molar-refractivity contribution is 0.0205. The van der Waals surface area contributed by atoms with Gasteiger partial charge in [0.1, 0.15) is 0 Å². The summed E-state index contributed by atoms with van der Waals surface area (Å²) in [6, 6.07) is 10.2. The molecule has 2 N–H and O–H groups in total. The highest BCUT2D eigenvalue weighted by atomic mass is 127. The summed E-state index contributed by atoms with van der Waals surface area (Å²) in [6.07, 6.45) is 1.93. The number of guanidine groups is 1. The molecule has 0 aliphatic rings. The fourth-order valence-electron chi connectivity index (χ4n) is 2.64. The molecule has 0 radical (unpaired) electrons. The van der Waals surface area contributed by atoms with E-state index in [-0.39, 0.29) is 35.5 Å². The summed E-state index contributed by atoms with van der Waals surface area (Å²) >= 11 is 0. The Kier molecular flexibility index (Phi) is 8.58. The third kappa shape index (κ3) is 6.11. The Morgan fingerprint density at radius 1 is 1.20 bits per heavy atom. The van der Waals surface area contributed by atoms with Crippen molar-refractivity contribution in [3.63, 3.8) is 0 Å². The number of hydrogen-bond acceptors (Lipinski definition) is 3. The first-order chi connectivity index (χ1) is 11.5. The average molecular weight is 456 g/mol. The van der Waals surface area contributed by atoms with E-state index in [1.54, 1.807) is 14.2 Å². The van der Waals surface area contributed by atoms with Gasteiger partial charge in [-0.1, -0.05) is 45.0 Å². The molecule has 0 spiro atoms. The van der Waals surface area contributed by atoms with Gasteiger partial charge in [-0.2, -0.15) is 0 Å². The molecule has 2 aromatic rings. The van der Waals surface area contributed by atoms with Gasteiger partial charge in [0.05, 0.1) is 11.6 Å². The van der Waals surface area contributed by atoms with Crippen LogP contribution in [0.15, 0.2) is 41.5 Å². The number of nitrogens with one attached hydrogen (secondary N) is 2. The van der Waals surface area contributed by atoms with Gasteiger partial charge in [-0.3, -0.25) is 9.98 Å². The fraction of sp³-hybridized carbons (Fsp3) is 0.474. The predicted molar refractivity (Wildman–Crippen MR) is 116 cm³/mol. The third-order valence-corrected chi connectivity index (χ3v) is 4.09. The van der Waals surface area contributed by atoms with Crippen molar-refractivity contribution < 1.29 is 4.74 Å². The molecule has 2 rings (SSSR count). The van der Waals surface area contributed by atoms with Crippen LogP contribution >= 0.6 is 24.0 Å². The van der Waals surface area contributed by atoms with Gasteiger partial charge in [-0.05, 0) is 17.0 Å². The maximum atomic E-state index is 5.57. The van der Waals surface area contributed by atoms with Crippen LogP contribution in [0.5, 0.6) is 0 Å². The zero-order valence-electron chi connectivity index (χ0n) is 15.7. The minimum Gasteiger partial charge on any atom is -0.379 e. The summed E-state index contributed by atoms with van der Waals surface area (Å²) in [7, 11) is 3.52. The molecule has 6 heteroatoms. The quantitative estimate of drug-likeness (QED) is 0.410. The van der Waals surface area contributed by atoms with Crippen molar-refractivity contribution in [2.75, 3.05) is 20.7 Å². The summed E-state index contributed by atoms with van der Waals surface area (Å²) < 4.78 is 5.57. The zero-order chi connectivity index (χ0) is 17.6. The molecule has 1 aromatic carbocycles. The number of methoxy groups -OCH3 is 1. The Labute approximate surface area is 167 Å². The van der Waals surface area contributed by atoms with Crippen LogP contribution in [-0.2, 0) is 11.3 Å². The van der Waals surface area contributed by atoms with Crippen molar-refractivity contribution in [2.24, 2.45) is 10.4 Å². The molecule has 5 nitrogen and oxygen atoms in total. The molecule has 0 fully saturated rings. The molecular weight excluding hydrogens is 427 g/mol. The number of fused-ring (bicyclic) bond motifs is 1. The molecular formula is C19H29IN4O. The van der Waals surface area contributed by atoms with Crippen molar-refractivity contribution in [1.82, 2.24) is 15.6 Å². The monoisotopic (exact) mass is 456 g/mol. The lowest BCUT2D eigenvalue weighted by Gasteiger charge is -2.30. The number of ether oxygens (including phenoxy) is 1. The smallest absolute Gasteiger partial charge is 0.191 e. The maximum Gasteiger partial charge on any atom is 0.191 e. The molecule has 1 heterocycles. The van der Waals surface area contributed by atoms with E-state index in [2.05, 4.69) is 65.6 Å². The molecule has 0 aliphatic heterocycles. The van der Waals surface area contributed by atoms with E-state index in [1.165, 1.54) is 0 Å². The number of para-hydroxylation sites is 1. The van der Waals surface area contributed by atoms with Crippen LogP contribution < -0.4 is 10.6 Å².